The van der Waals surface area contributed by atoms with Crippen LogP contribution in [0.25, 0.3) is 0 Å². The number of carbonyl (C=O) groups is 2. The Morgan fingerprint density at radius 2 is 1.70 bits per heavy atom. The average Bonchev–Trinajstić information content (AvgIpc) is 2.67. The molecule has 0 saturated carbocycles. The number of anilines is 2. The molecule has 2 aromatic rings. The van der Waals surface area contributed by atoms with Crippen molar-refractivity contribution in [2.75, 3.05) is 29.0 Å². The molecule has 0 fully saturated rings. The van der Waals surface area contributed by atoms with Gasteiger partial charge in [0.2, 0.25) is 15.9 Å². The molecule has 0 unspecified atom stereocenters. The number of esters is 1. The number of sulfonamides is 1. The number of aryl methyl sites for hydroxylation is 2. The molecular weight excluding hydrogens is 404 g/mol. The Balaban J connectivity index is 1.94. The predicted molar refractivity (Wildman–Crippen MR) is 118 cm³/mol. The van der Waals surface area contributed by atoms with E-state index in [1.54, 1.807) is 37.3 Å². The zero-order chi connectivity index (χ0) is 22.3. The van der Waals surface area contributed by atoms with Crippen molar-refractivity contribution in [1.29, 1.82) is 0 Å². The number of nitrogens with zero attached hydrogens (tertiary/aromatic N) is 1. The number of hydrogen-bond donors (Lipinski definition) is 1. The van der Waals surface area contributed by atoms with E-state index in [4.69, 9.17) is 4.74 Å². The number of benzene rings is 2. The van der Waals surface area contributed by atoms with E-state index in [-0.39, 0.29) is 18.9 Å². The third-order valence-corrected chi connectivity index (χ3v) is 5.82. The molecule has 8 heteroatoms. The van der Waals surface area contributed by atoms with Crippen LogP contribution in [0.15, 0.2) is 42.5 Å². The largest absolute Gasteiger partial charge is 0.462 e. The lowest BCUT2D eigenvalue weighted by Gasteiger charge is -2.23. The highest BCUT2D eigenvalue weighted by molar-refractivity contribution is 7.92. The van der Waals surface area contributed by atoms with E-state index in [1.165, 1.54) is 4.31 Å². The average molecular weight is 433 g/mol. The Morgan fingerprint density at radius 3 is 2.27 bits per heavy atom. The molecule has 0 heterocycles. The van der Waals surface area contributed by atoms with Gasteiger partial charge in [0.25, 0.3) is 0 Å². The van der Waals surface area contributed by atoms with Crippen LogP contribution in [0.4, 0.5) is 11.4 Å². The summed E-state index contributed by atoms with van der Waals surface area (Å²) in [6, 6.07) is 11.9. The lowest BCUT2D eigenvalue weighted by Crippen LogP contribution is -2.31. The summed E-state index contributed by atoms with van der Waals surface area (Å²) in [6.45, 7) is 6.13. The zero-order valence-electron chi connectivity index (χ0n) is 17.8. The summed E-state index contributed by atoms with van der Waals surface area (Å²) >= 11 is 0. The van der Waals surface area contributed by atoms with Gasteiger partial charge in [-0.1, -0.05) is 6.07 Å². The molecule has 0 spiro atoms. The molecule has 1 amide bonds. The lowest BCUT2D eigenvalue weighted by molar-refractivity contribution is -0.116. The Hall–Kier alpha value is -2.87. The van der Waals surface area contributed by atoms with Crippen LogP contribution in [0.3, 0.4) is 0 Å². The SMILES string of the molecule is CCOC(=O)c1ccc(NC(=O)CCCN(c2ccc(C)c(C)c2)S(C)(=O)=O)cc1. The highest BCUT2D eigenvalue weighted by Crippen LogP contribution is 2.22. The summed E-state index contributed by atoms with van der Waals surface area (Å²) < 4.78 is 30.7. The van der Waals surface area contributed by atoms with Gasteiger partial charge in [-0.15, -0.1) is 0 Å². The highest BCUT2D eigenvalue weighted by Gasteiger charge is 2.18. The van der Waals surface area contributed by atoms with E-state index in [0.717, 1.165) is 17.4 Å². The summed E-state index contributed by atoms with van der Waals surface area (Å²) in [4.78, 5) is 23.9. The number of amides is 1. The van der Waals surface area contributed by atoms with Crippen LogP contribution in [0.5, 0.6) is 0 Å². The Morgan fingerprint density at radius 1 is 1.03 bits per heavy atom. The van der Waals surface area contributed by atoms with Crippen molar-refractivity contribution in [1.82, 2.24) is 0 Å². The smallest absolute Gasteiger partial charge is 0.338 e. The minimum atomic E-state index is -3.46. The van der Waals surface area contributed by atoms with Gasteiger partial charge in [-0.05, 0) is 74.7 Å². The topological polar surface area (TPSA) is 92.8 Å². The molecule has 2 rings (SSSR count). The molecule has 0 aromatic heterocycles. The second kappa shape index (κ2) is 10.2. The first-order valence-corrected chi connectivity index (χ1v) is 11.6. The number of rotatable bonds is 9. The van der Waals surface area contributed by atoms with Crippen molar-refractivity contribution in [3.05, 3.63) is 59.2 Å². The van der Waals surface area contributed by atoms with Crippen LogP contribution >= 0.6 is 0 Å². The van der Waals surface area contributed by atoms with Gasteiger partial charge in [-0.25, -0.2) is 13.2 Å². The molecule has 0 saturated heterocycles. The Kier molecular flexibility index (Phi) is 8.00. The molecule has 7 nitrogen and oxygen atoms in total. The molecule has 1 N–H and O–H groups in total. The van der Waals surface area contributed by atoms with Gasteiger partial charge in [-0.3, -0.25) is 9.10 Å². The maximum atomic E-state index is 12.2. The molecule has 30 heavy (non-hydrogen) atoms. The summed E-state index contributed by atoms with van der Waals surface area (Å²) in [5, 5.41) is 2.75. The van der Waals surface area contributed by atoms with E-state index < -0.39 is 16.0 Å². The third-order valence-electron chi connectivity index (χ3n) is 4.62. The maximum Gasteiger partial charge on any atom is 0.338 e. The first-order chi connectivity index (χ1) is 14.1. The van der Waals surface area contributed by atoms with Crippen molar-refractivity contribution in [2.45, 2.75) is 33.6 Å². The maximum absolute atomic E-state index is 12.2. The van der Waals surface area contributed by atoms with Gasteiger partial charge >= 0.3 is 5.97 Å². The molecular formula is C22H28N2O5S. The lowest BCUT2D eigenvalue weighted by atomic mass is 10.1. The summed E-state index contributed by atoms with van der Waals surface area (Å²) in [6.07, 6.45) is 1.69. The predicted octanol–water partition coefficient (Wildman–Crippen LogP) is 3.67. The fourth-order valence-electron chi connectivity index (χ4n) is 2.88. The van der Waals surface area contributed by atoms with Gasteiger partial charge in [-0.2, -0.15) is 0 Å². The molecule has 0 atom stereocenters. The first kappa shape index (κ1) is 23.4. The summed E-state index contributed by atoms with van der Waals surface area (Å²) in [5.74, 6) is -0.644. The van der Waals surface area contributed by atoms with Crippen molar-refractivity contribution in [3.63, 3.8) is 0 Å². The fraction of sp³-hybridized carbons (Fsp3) is 0.364. The molecule has 0 bridgehead atoms. The monoisotopic (exact) mass is 432 g/mol. The number of nitrogens with one attached hydrogen (secondary N) is 1. The van der Waals surface area contributed by atoms with Gasteiger partial charge in [0, 0.05) is 18.7 Å². The quantitative estimate of drug-likeness (QED) is 0.611. The van der Waals surface area contributed by atoms with Gasteiger partial charge in [0.15, 0.2) is 0 Å². The molecule has 0 aliphatic carbocycles. The van der Waals surface area contributed by atoms with E-state index in [2.05, 4.69) is 5.32 Å². The van der Waals surface area contributed by atoms with Crippen LogP contribution < -0.4 is 9.62 Å². The molecule has 162 valence electrons. The summed E-state index contributed by atoms with van der Waals surface area (Å²) in [5.41, 5.74) is 3.65. The Labute approximate surface area is 178 Å². The van der Waals surface area contributed by atoms with Crippen LogP contribution in [-0.2, 0) is 19.6 Å². The van der Waals surface area contributed by atoms with Crippen LogP contribution in [0.1, 0.15) is 41.3 Å². The van der Waals surface area contributed by atoms with Crippen LogP contribution in [0.2, 0.25) is 0 Å². The third kappa shape index (κ3) is 6.59. The van der Waals surface area contributed by atoms with Crippen molar-refractivity contribution < 1.29 is 22.7 Å². The Bertz CT molecular complexity index is 1000. The minimum absolute atomic E-state index is 0.163. The van der Waals surface area contributed by atoms with Crippen LogP contribution in [-0.4, -0.2) is 39.7 Å². The minimum Gasteiger partial charge on any atom is -0.462 e. The van der Waals surface area contributed by atoms with Gasteiger partial charge < -0.3 is 10.1 Å². The zero-order valence-corrected chi connectivity index (χ0v) is 18.6. The van der Waals surface area contributed by atoms with Gasteiger partial charge in [0.05, 0.1) is 24.1 Å². The number of ether oxygens (including phenoxy) is 1. The normalized spacial score (nSPS) is 11.1. The molecule has 0 radical (unpaired) electrons. The summed E-state index contributed by atoms with van der Waals surface area (Å²) in [7, 11) is -3.46. The molecule has 0 aliphatic rings. The highest BCUT2D eigenvalue weighted by atomic mass is 32.2. The molecule has 2 aromatic carbocycles. The first-order valence-electron chi connectivity index (χ1n) is 9.74. The number of carbonyl (C=O) groups excluding carboxylic acids is 2. The second-order valence-electron chi connectivity index (χ2n) is 7.05. The standard InChI is InChI=1S/C22H28N2O5S/c1-5-29-22(26)18-9-11-19(12-10-18)23-21(25)7-6-14-24(30(4,27)28)20-13-8-16(2)17(3)15-20/h8-13,15H,5-7,14H2,1-4H3,(H,23,25). The van der Waals surface area contributed by atoms with E-state index in [1.807, 2.05) is 26.0 Å². The van der Waals surface area contributed by atoms with Crippen molar-refractivity contribution >= 4 is 33.3 Å². The second-order valence-corrected chi connectivity index (χ2v) is 8.96. The van der Waals surface area contributed by atoms with E-state index in [0.29, 0.717) is 30.0 Å². The van der Waals surface area contributed by atoms with Crippen LogP contribution in [0, 0.1) is 13.8 Å². The van der Waals surface area contributed by atoms with Crippen molar-refractivity contribution in [2.24, 2.45) is 0 Å². The van der Waals surface area contributed by atoms with E-state index in [9.17, 15) is 18.0 Å². The van der Waals surface area contributed by atoms with E-state index >= 15 is 0 Å². The van der Waals surface area contributed by atoms with Crippen molar-refractivity contribution in [3.8, 4) is 0 Å². The van der Waals surface area contributed by atoms with Gasteiger partial charge in [0.1, 0.15) is 0 Å². The number of hydrogen-bond acceptors (Lipinski definition) is 5. The fourth-order valence-corrected chi connectivity index (χ4v) is 3.84. The molecule has 0 aliphatic heterocycles.